The molecule has 0 aliphatic heterocycles. The molecule has 3 aliphatic carbocycles. The van der Waals surface area contributed by atoms with Crippen molar-refractivity contribution in [1.29, 1.82) is 0 Å². The first kappa shape index (κ1) is 23.1. The first-order valence-electron chi connectivity index (χ1n) is 11.7. The van der Waals surface area contributed by atoms with Crippen molar-refractivity contribution >= 4 is 38.3 Å². The molecule has 1 aromatic heterocycles. The maximum absolute atomic E-state index is 13.9. The van der Waals surface area contributed by atoms with Crippen molar-refractivity contribution < 1.29 is 9.72 Å². The van der Waals surface area contributed by atoms with Crippen molar-refractivity contribution in [1.82, 2.24) is 4.98 Å². The third kappa shape index (κ3) is 3.35. The summed E-state index contributed by atoms with van der Waals surface area (Å²) in [5.74, 6) is -0.529. The van der Waals surface area contributed by atoms with E-state index in [0.717, 1.165) is 26.9 Å². The van der Waals surface area contributed by atoms with Crippen molar-refractivity contribution in [3.05, 3.63) is 126 Å². The van der Waals surface area contributed by atoms with Gasteiger partial charge in [-0.1, -0.05) is 76.6 Å². The van der Waals surface area contributed by atoms with E-state index in [0.29, 0.717) is 22.7 Å². The first-order valence-corrected chi connectivity index (χ1v) is 13.3. The van der Waals surface area contributed by atoms with Crippen molar-refractivity contribution in [2.24, 2.45) is 5.41 Å². The van der Waals surface area contributed by atoms with Gasteiger partial charge in [-0.15, -0.1) is 11.3 Å². The normalized spacial score (nSPS) is 23.6. The van der Waals surface area contributed by atoms with Crippen LogP contribution in [0.15, 0.2) is 82.6 Å². The van der Waals surface area contributed by atoms with Gasteiger partial charge in [0.05, 0.1) is 11.1 Å². The number of thiazole rings is 1. The number of aromatic nitrogens is 1. The number of carbonyl (C=O) groups is 1. The molecule has 7 rings (SSSR count). The minimum absolute atomic E-state index is 0.0911. The smallest absolute Gasteiger partial charge is 0.273 e. The fourth-order valence-electron chi connectivity index (χ4n) is 6.09. The maximum Gasteiger partial charge on any atom is 0.273 e. The van der Waals surface area contributed by atoms with Gasteiger partial charge in [-0.3, -0.25) is 14.9 Å². The number of carbonyl (C=O) groups excluding carboxylic acids is 1. The summed E-state index contributed by atoms with van der Waals surface area (Å²) in [6.07, 6.45) is 0.741. The predicted octanol–water partition coefficient (Wildman–Crippen LogP) is 6.51. The number of hydrogen-bond donors (Lipinski definition) is 1. The van der Waals surface area contributed by atoms with Crippen LogP contribution in [-0.4, -0.2) is 15.8 Å². The first-order chi connectivity index (χ1) is 17.3. The number of rotatable bonds is 5. The molecule has 8 heteroatoms. The molecule has 0 saturated heterocycles. The molecule has 36 heavy (non-hydrogen) atoms. The van der Waals surface area contributed by atoms with Crippen LogP contribution in [0.25, 0.3) is 0 Å². The van der Waals surface area contributed by atoms with Crippen molar-refractivity contribution in [2.45, 2.75) is 31.2 Å². The zero-order chi connectivity index (χ0) is 25.1. The fraction of sp³-hybridized carbons (Fsp3) is 0.214. The average molecular weight is 560 g/mol. The van der Waals surface area contributed by atoms with E-state index in [4.69, 9.17) is 0 Å². The lowest BCUT2D eigenvalue weighted by molar-refractivity contribution is -0.573. The van der Waals surface area contributed by atoms with Gasteiger partial charge in [0.2, 0.25) is 5.91 Å². The summed E-state index contributed by atoms with van der Waals surface area (Å²) in [4.78, 5) is 31.1. The zero-order valence-electron chi connectivity index (χ0n) is 19.4. The van der Waals surface area contributed by atoms with Crippen LogP contribution < -0.4 is 5.32 Å². The number of fused-ring (bicyclic) bond motifs is 1. The van der Waals surface area contributed by atoms with Crippen LogP contribution in [0.5, 0.6) is 0 Å². The minimum atomic E-state index is -1.47. The largest absolute Gasteiger partial charge is 0.301 e. The third-order valence-corrected chi connectivity index (χ3v) is 8.87. The van der Waals surface area contributed by atoms with E-state index in [1.807, 2.05) is 85.1 Å². The molecular formula is C28H22BrN3O3S. The number of nitrogens with one attached hydrogen (secondary N) is 1. The Kier molecular flexibility index (Phi) is 5.35. The Morgan fingerprint density at radius 2 is 1.78 bits per heavy atom. The second kappa shape index (κ2) is 8.35. The Bertz CT molecular complexity index is 1490. The van der Waals surface area contributed by atoms with Crippen LogP contribution in [0.4, 0.5) is 5.13 Å². The summed E-state index contributed by atoms with van der Waals surface area (Å²) in [6, 6.07) is 23.0. The average Bonchev–Trinajstić information content (AvgIpc) is 3.30. The van der Waals surface area contributed by atoms with E-state index in [-0.39, 0.29) is 23.2 Å². The summed E-state index contributed by atoms with van der Waals surface area (Å²) in [5.41, 5.74) is 2.57. The maximum atomic E-state index is 13.9. The highest BCUT2D eigenvalue weighted by atomic mass is 79.9. The molecule has 1 heterocycles. The molecule has 1 unspecified atom stereocenters. The Morgan fingerprint density at radius 3 is 2.42 bits per heavy atom. The van der Waals surface area contributed by atoms with Crippen LogP contribution >= 0.6 is 27.3 Å². The van der Waals surface area contributed by atoms with E-state index in [9.17, 15) is 14.9 Å². The number of hydrogen-bond acceptors (Lipinski definition) is 5. The number of amides is 1. The quantitative estimate of drug-likeness (QED) is 0.223. The van der Waals surface area contributed by atoms with E-state index in [1.54, 1.807) is 0 Å². The number of anilines is 1. The zero-order valence-corrected chi connectivity index (χ0v) is 21.8. The summed E-state index contributed by atoms with van der Waals surface area (Å²) < 4.78 is 1.00. The van der Waals surface area contributed by atoms with Crippen LogP contribution in [0, 0.1) is 15.5 Å². The molecule has 1 atom stereocenters. The molecule has 2 bridgehead atoms. The van der Waals surface area contributed by atoms with Gasteiger partial charge in [-0.25, -0.2) is 4.98 Å². The summed E-state index contributed by atoms with van der Waals surface area (Å²) in [7, 11) is 0. The highest BCUT2D eigenvalue weighted by Crippen LogP contribution is 2.64. The lowest BCUT2D eigenvalue weighted by atomic mass is 9.49. The Labute approximate surface area is 220 Å². The van der Waals surface area contributed by atoms with Crippen LogP contribution in [0.2, 0.25) is 0 Å². The molecule has 180 valence electrons. The number of nitrogens with zero attached hydrogens (tertiary/aromatic N) is 2. The molecule has 6 nitrogen and oxygen atoms in total. The molecule has 4 aromatic rings. The SMILES string of the molecule is CC1(C(=O)Nc2nc(Cc3cccc(Br)c3)cs2)CC2([N+](=O)[O-])c3ccccc3C1c1ccccc12. The Hall–Kier alpha value is -3.36. The van der Waals surface area contributed by atoms with Gasteiger partial charge in [0.1, 0.15) is 0 Å². The number of benzene rings is 3. The molecule has 0 fully saturated rings. The van der Waals surface area contributed by atoms with Gasteiger partial charge in [0.25, 0.3) is 5.54 Å². The van der Waals surface area contributed by atoms with Crippen LogP contribution in [-0.2, 0) is 16.8 Å². The summed E-state index contributed by atoms with van der Waals surface area (Å²) >= 11 is 4.87. The molecule has 0 radical (unpaired) electrons. The monoisotopic (exact) mass is 559 g/mol. The highest BCUT2D eigenvalue weighted by molar-refractivity contribution is 9.10. The fourth-order valence-corrected chi connectivity index (χ4v) is 7.24. The van der Waals surface area contributed by atoms with Gasteiger partial charge in [-0.2, -0.15) is 0 Å². The van der Waals surface area contributed by atoms with Crippen molar-refractivity contribution in [3.8, 4) is 0 Å². The third-order valence-electron chi connectivity index (χ3n) is 7.57. The Morgan fingerprint density at radius 1 is 1.11 bits per heavy atom. The van der Waals surface area contributed by atoms with Crippen molar-refractivity contribution in [3.63, 3.8) is 0 Å². The van der Waals surface area contributed by atoms with E-state index in [2.05, 4.69) is 26.2 Å². The number of nitro groups is 1. The molecule has 0 spiro atoms. The topological polar surface area (TPSA) is 85.1 Å². The van der Waals surface area contributed by atoms with Gasteiger partial charge < -0.3 is 5.32 Å². The summed E-state index contributed by atoms with van der Waals surface area (Å²) in [5, 5.41) is 18.2. The standard InChI is InChI=1S/C28H22BrN3O3S/c1-27(25(33)31-26-30-19(15-36-26)14-17-7-6-8-18(29)13-17)16-28(32(34)35)22-11-4-2-9-20(22)24(27)21-10-3-5-12-23(21)28/h2-13,15,24H,14,16H2,1H3,(H,30,31,33). The lowest BCUT2D eigenvalue weighted by Gasteiger charge is -2.52. The minimum Gasteiger partial charge on any atom is -0.301 e. The van der Waals surface area contributed by atoms with E-state index >= 15 is 0 Å². The molecule has 3 aromatic carbocycles. The molecule has 1 N–H and O–H groups in total. The second-order valence-electron chi connectivity index (χ2n) is 9.72. The second-order valence-corrected chi connectivity index (χ2v) is 11.5. The van der Waals surface area contributed by atoms with Crippen LogP contribution in [0.3, 0.4) is 0 Å². The van der Waals surface area contributed by atoms with Gasteiger partial charge in [0, 0.05) is 44.7 Å². The lowest BCUT2D eigenvalue weighted by Crippen LogP contribution is -2.57. The molecule has 1 amide bonds. The van der Waals surface area contributed by atoms with Crippen molar-refractivity contribution in [2.75, 3.05) is 5.32 Å². The molecule has 3 aliphatic rings. The summed E-state index contributed by atoms with van der Waals surface area (Å²) in [6.45, 7) is 1.85. The Balaban J connectivity index is 1.36. The van der Waals surface area contributed by atoms with Gasteiger partial charge in [0.15, 0.2) is 5.13 Å². The van der Waals surface area contributed by atoms with Crippen LogP contribution in [0.1, 0.15) is 52.8 Å². The molecule has 0 saturated carbocycles. The van der Waals surface area contributed by atoms with Gasteiger partial charge >= 0.3 is 0 Å². The van der Waals surface area contributed by atoms with E-state index in [1.165, 1.54) is 11.3 Å². The molecular weight excluding hydrogens is 538 g/mol. The van der Waals surface area contributed by atoms with Gasteiger partial charge in [-0.05, 0) is 35.7 Å². The predicted molar refractivity (Wildman–Crippen MR) is 143 cm³/mol. The van der Waals surface area contributed by atoms with E-state index < -0.39 is 11.0 Å². The number of halogens is 1. The highest BCUT2D eigenvalue weighted by Gasteiger charge is 2.67.